The highest BCUT2D eigenvalue weighted by Crippen LogP contribution is 2.36. The van der Waals surface area contributed by atoms with Gasteiger partial charge in [0.05, 0.1) is 25.4 Å². The summed E-state index contributed by atoms with van der Waals surface area (Å²) in [5.74, 6) is 0.689. The summed E-state index contributed by atoms with van der Waals surface area (Å²) in [6.45, 7) is 1.74. The average Bonchev–Trinajstić information content (AvgIpc) is 2.46. The molecule has 0 amide bonds. The number of hydrogen-bond acceptors (Lipinski definition) is 4. The van der Waals surface area contributed by atoms with Gasteiger partial charge >= 0.3 is 0 Å². The molecule has 1 aliphatic carbocycles. The Labute approximate surface area is 121 Å². The summed E-state index contributed by atoms with van der Waals surface area (Å²) in [5.41, 5.74) is 1.72. The average molecular weight is 279 g/mol. The van der Waals surface area contributed by atoms with Crippen molar-refractivity contribution in [3.63, 3.8) is 0 Å². The lowest BCUT2D eigenvalue weighted by Crippen LogP contribution is -2.43. The Balaban J connectivity index is 2.35. The van der Waals surface area contributed by atoms with E-state index in [1.165, 1.54) is 0 Å². The van der Waals surface area contributed by atoms with E-state index in [1.54, 1.807) is 14.0 Å². The molecule has 1 aromatic carbocycles. The van der Waals surface area contributed by atoms with Crippen LogP contribution < -0.4 is 9.64 Å². The molecular weight excluding hydrogens is 254 g/mol. The lowest BCUT2D eigenvalue weighted by molar-refractivity contribution is 0.106. The molecule has 1 aliphatic rings. The standard InChI is InChI=1S/C16H25NO3/c1-11(18)16-13(8-6-10-15(16)20-3)17(2)12-7-4-5-9-14(12)19/h6,8,10-12,14,18-19H,4-5,7,9H2,1-3H3/t11-,12?,14?/m1/s1. The van der Waals surface area contributed by atoms with Gasteiger partial charge < -0.3 is 19.8 Å². The fraction of sp³-hybridized carbons (Fsp3) is 0.625. The maximum Gasteiger partial charge on any atom is 0.126 e. The minimum atomic E-state index is -0.607. The number of anilines is 1. The summed E-state index contributed by atoms with van der Waals surface area (Å²) in [6.07, 6.45) is 3.15. The molecule has 0 aromatic heterocycles. The summed E-state index contributed by atoms with van der Waals surface area (Å²) in [7, 11) is 3.60. The number of likely N-dealkylation sites (N-methyl/N-ethyl adjacent to an activating group) is 1. The molecule has 1 fully saturated rings. The number of hydrogen-bond donors (Lipinski definition) is 2. The smallest absolute Gasteiger partial charge is 0.126 e. The molecular formula is C16H25NO3. The van der Waals surface area contributed by atoms with E-state index in [0.29, 0.717) is 5.75 Å². The lowest BCUT2D eigenvalue weighted by Gasteiger charge is -2.38. The molecule has 2 unspecified atom stereocenters. The van der Waals surface area contributed by atoms with Crippen LogP contribution >= 0.6 is 0 Å². The first kappa shape index (κ1) is 15.1. The molecule has 2 rings (SSSR count). The van der Waals surface area contributed by atoms with Crippen molar-refractivity contribution in [3.8, 4) is 5.75 Å². The molecule has 0 heterocycles. The second-order valence-corrected chi connectivity index (χ2v) is 5.60. The van der Waals surface area contributed by atoms with Crippen molar-refractivity contribution in [2.24, 2.45) is 0 Å². The highest BCUT2D eigenvalue weighted by molar-refractivity contribution is 5.60. The van der Waals surface area contributed by atoms with Crippen LogP contribution in [0.3, 0.4) is 0 Å². The number of methoxy groups -OCH3 is 1. The number of aliphatic hydroxyl groups excluding tert-OH is 2. The molecule has 2 N–H and O–H groups in total. The number of rotatable bonds is 4. The van der Waals surface area contributed by atoms with E-state index >= 15 is 0 Å². The first-order valence-electron chi connectivity index (χ1n) is 7.32. The number of nitrogens with zero attached hydrogens (tertiary/aromatic N) is 1. The molecule has 4 nitrogen and oxygen atoms in total. The van der Waals surface area contributed by atoms with Crippen molar-refractivity contribution < 1.29 is 14.9 Å². The van der Waals surface area contributed by atoms with Gasteiger partial charge in [0.25, 0.3) is 0 Å². The Kier molecular flexibility index (Phi) is 4.89. The molecule has 4 heteroatoms. The fourth-order valence-electron chi connectivity index (χ4n) is 3.16. The largest absolute Gasteiger partial charge is 0.496 e. The first-order chi connectivity index (χ1) is 9.56. The van der Waals surface area contributed by atoms with Gasteiger partial charge in [-0.05, 0) is 31.9 Å². The highest BCUT2D eigenvalue weighted by Gasteiger charge is 2.29. The predicted molar refractivity (Wildman–Crippen MR) is 80.3 cm³/mol. The van der Waals surface area contributed by atoms with Gasteiger partial charge in [-0.2, -0.15) is 0 Å². The van der Waals surface area contributed by atoms with E-state index < -0.39 is 6.10 Å². The Hall–Kier alpha value is -1.26. The number of benzene rings is 1. The Morgan fingerprint density at radius 3 is 2.60 bits per heavy atom. The molecule has 0 radical (unpaired) electrons. The van der Waals surface area contributed by atoms with Gasteiger partial charge in [0, 0.05) is 18.3 Å². The summed E-state index contributed by atoms with van der Waals surface area (Å²) >= 11 is 0. The molecule has 0 bridgehead atoms. The maximum atomic E-state index is 10.2. The summed E-state index contributed by atoms with van der Waals surface area (Å²) < 4.78 is 5.36. The van der Waals surface area contributed by atoms with E-state index in [-0.39, 0.29) is 12.1 Å². The third-order valence-electron chi connectivity index (χ3n) is 4.25. The van der Waals surface area contributed by atoms with Gasteiger partial charge in [0.1, 0.15) is 5.75 Å². The molecule has 0 spiro atoms. The first-order valence-corrected chi connectivity index (χ1v) is 7.32. The molecule has 20 heavy (non-hydrogen) atoms. The predicted octanol–water partition coefficient (Wildman–Crippen LogP) is 2.49. The summed E-state index contributed by atoms with van der Waals surface area (Å²) in [6, 6.07) is 5.86. The van der Waals surface area contributed by atoms with E-state index in [0.717, 1.165) is 36.9 Å². The lowest BCUT2D eigenvalue weighted by atomic mass is 9.90. The van der Waals surface area contributed by atoms with Gasteiger partial charge in [-0.1, -0.05) is 18.9 Å². The SMILES string of the molecule is COc1cccc(N(C)C2CCCCC2O)c1[C@@H](C)O. The monoisotopic (exact) mass is 279 g/mol. The zero-order valence-corrected chi connectivity index (χ0v) is 12.5. The quantitative estimate of drug-likeness (QED) is 0.889. The van der Waals surface area contributed by atoms with Crippen LogP contribution in [0.4, 0.5) is 5.69 Å². The minimum absolute atomic E-state index is 0.105. The zero-order valence-electron chi connectivity index (χ0n) is 12.5. The van der Waals surface area contributed by atoms with Gasteiger partial charge in [0.2, 0.25) is 0 Å². The van der Waals surface area contributed by atoms with Crippen LogP contribution in [-0.4, -0.2) is 36.5 Å². The van der Waals surface area contributed by atoms with Crippen LogP contribution in [0.1, 0.15) is 44.3 Å². The normalized spacial score (nSPS) is 24.2. The number of ether oxygens (including phenoxy) is 1. The second-order valence-electron chi connectivity index (χ2n) is 5.60. The van der Waals surface area contributed by atoms with E-state index in [2.05, 4.69) is 4.90 Å². The van der Waals surface area contributed by atoms with E-state index in [4.69, 9.17) is 4.74 Å². The van der Waals surface area contributed by atoms with Gasteiger partial charge in [-0.3, -0.25) is 0 Å². The zero-order chi connectivity index (χ0) is 14.7. The highest BCUT2D eigenvalue weighted by atomic mass is 16.5. The van der Waals surface area contributed by atoms with Crippen molar-refractivity contribution in [1.29, 1.82) is 0 Å². The van der Waals surface area contributed by atoms with Gasteiger partial charge in [-0.25, -0.2) is 0 Å². The topological polar surface area (TPSA) is 52.9 Å². The maximum absolute atomic E-state index is 10.2. The van der Waals surface area contributed by atoms with Crippen LogP contribution in [0.5, 0.6) is 5.75 Å². The molecule has 1 aromatic rings. The molecule has 0 saturated heterocycles. The van der Waals surface area contributed by atoms with Crippen molar-refractivity contribution >= 4 is 5.69 Å². The molecule has 3 atom stereocenters. The van der Waals surface area contributed by atoms with Crippen LogP contribution in [0.25, 0.3) is 0 Å². The Morgan fingerprint density at radius 2 is 2.00 bits per heavy atom. The molecule has 1 saturated carbocycles. The van der Waals surface area contributed by atoms with Crippen LogP contribution in [0.15, 0.2) is 18.2 Å². The Morgan fingerprint density at radius 1 is 1.30 bits per heavy atom. The number of aliphatic hydroxyl groups is 2. The van der Waals surface area contributed by atoms with E-state index in [9.17, 15) is 10.2 Å². The Bertz CT molecular complexity index is 447. The fourth-order valence-corrected chi connectivity index (χ4v) is 3.16. The summed E-state index contributed by atoms with van der Waals surface area (Å²) in [5, 5.41) is 20.3. The van der Waals surface area contributed by atoms with Gasteiger partial charge in [-0.15, -0.1) is 0 Å². The van der Waals surface area contributed by atoms with Crippen LogP contribution in [0, 0.1) is 0 Å². The summed E-state index contributed by atoms with van der Waals surface area (Å²) in [4.78, 5) is 2.09. The molecule has 112 valence electrons. The minimum Gasteiger partial charge on any atom is -0.496 e. The third-order valence-corrected chi connectivity index (χ3v) is 4.25. The van der Waals surface area contributed by atoms with Gasteiger partial charge in [0.15, 0.2) is 0 Å². The van der Waals surface area contributed by atoms with Crippen molar-refractivity contribution in [2.45, 2.75) is 50.9 Å². The molecule has 0 aliphatic heterocycles. The van der Waals surface area contributed by atoms with E-state index in [1.807, 2.05) is 25.2 Å². The van der Waals surface area contributed by atoms with Crippen LogP contribution in [0.2, 0.25) is 0 Å². The van der Waals surface area contributed by atoms with Crippen molar-refractivity contribution in [2.75, 3.05) is 19.1 Å². The van der Waals surface area contributed by atoms with Crippen molar-refractivity contribution in [3.05, 3.63) is 23.8 Å². The second kappa shape index (κ2) is 6.46. The van der Waals surface area contributed by atoms with Crippen LogP contribution in [-0.2, 0) is 0 Å². The third kappa shape index (κ3) is 2.91. The van der Waals surface area contributed by atoms with Crippen molar-refractivity contribution in [1.82, 2.24) is 0 Å².